The van der Waals surface area contributed by atoms with Gasteiger partial charge in [-0.2, -0.15) is 0 Å². The van der Waals surface area contributed by atoms with Crippen molar-refractivity contribution in [1.29, 1.82) is 0 Å². The van der Waals surface area contributed by atoms with Gasteiger partial charge in [0.25, 0.3) is 5.91 Å². The van der Waals surface area contributed by atoms with Crippen molar-refractivity contribution in [2.24, 2.45) is 5.92 Å². The molecule has 45 heavy (non-hydrogen) atoms. The largest absolute Gasteiger partial charge is 0.497 e. The van der Waals surface area contributed by atoms with E-state index < -0.39 is 41.7 Å². The summed E-state index contributed by atoms with van der Waals surface area (Å²) < 4.78 is 37.1. The molecule has 0 radical (unpaired) electrons. The Bertz CT molecular complexity index is 1600. The van der Waals surface area contributed by atoms with E-state index in [0.29, 0.717) is 22.6 Å². The predicted octanol–water partition coefficient (Wildman–Crippen LogP) is 6.96. The topological polar surface area (TPSA) is 100 Å². The summed E-state index contributed by atoms with van der Waals surface area (Å²) >= 11 is 6.51. The molecule has 0 aliphatic rings. The fourth-order valence-electron chi connectivity index (χ4n) is 4.44. The average molecular weight is 634 g/mol. The lowest BCUT2D eigenvalue weighted by Gasteiger charge is -2.27. The van der Waals surface area contributed by atoms with Crippen molar-refractivity contribution in [3.05, 3.63) is 130 Å². The molecule has 1 unspecified atom stereocenters. The van der Waals surface area contributed by atoms with Crippen LogP contribution >= 0.6 is 11.6 Å². The Morgan fingerprint density at radius 3 is 1.98 bits per heavy atom. The molecule has 4 aromatic rings. The van der Waals surface area contributed by atoms with Crippen LogP contribution in [0.2, 0.25) is 5.02 Å². The molecule has 1 amide bonds. The number of hydrogen-bond donors (Lipinski definition) is 1. The molecule has 1 N–H and O–H groups in total. The molecule has 0 fully saturated rings. The Balaban J connectivity index is 1.63. The van der Waals surface area contributed by atoms with Gasteiger partial charge in [0.2, 0.25) is 0 Å². The second-order valence-corrected chi connectivity index (χ2v) is 10.8. The molecule has 0 bridgehead atoms. The van der Waals surface area contributed by atoms with Gasteiger partial charge in [0.1, 0.15) is 30.5 Å². The second-order valence-electron chi connectivity index (χ2n) is 10.4. The second kappa shape index (κ2) is 15.7. The highest BCUT2D eigenvalue weighted by molar-refractivity contribution is 6.31. The summed E-state index contributed by atoms with van der Waals surface area (Å²) in [6, 6.07) is 24.6. The summed E-state index contributed by atoms with van der Waals surface area (Å²) in [5.74, 6) is -1.98. The lowest BCUT2D eigenvalue weighted by Crippen LogP contribution is -2.44. The van der Waals surface area contributed by atoms with E-state index in [-0.39, 0.29) is 29.4 Å². The first-order chi connectivity index (χ1) is 21.7. The maximum atomic E-state index is 14.8. The van der Waals surface area contributed by atoms with Crippen LogP contribution in [0.5, 0.6) is 11.5 Å². The minimum absolute atomic E-state index is 0.0445. The number of nitrogens with one attached hydrogen (secondary N) is 1. The van der Waals surface area contributed by atoms with Crippen molar-refractivity contribution in [3.63, 3.8) is 0 Å². The van der Waals surface area contributed by atoms with Crippen molar-refractivity contribution in [1.82, 2.24) is 5.32 Å². The fraction of sp³-hybridized carbons (Fsp3) is 0.229. The molecular formula is C35H33ClFNO7. The Hall–Kier alpha value is -4.89. The Morgan fingerprint density at radius 2 is 1.40 bits per heavy atom. The Labute approximate surface area is 266 Å². The minimum Gasteiger partial charge on any atom is -0.497 e. The van der Waals surface area contributed by atoms with E-state index in [0.717, 1.165) is 6.07 Å². The zero-order valence-corrected chi connectivity index (χ0v) is 25.8. The van der Waals surface area contributed by atoms with Gasteiger partial charge in [-0.15, -0.1) is 0 Å². The normalized spacial score (nSPS) is 12.1. The van der Waals surface area contributed by atoms with Crippen LogP contribution in [-0.4, -0.2) is 37.7 Å². The van der Waals surface area contributed by atoms with E-state index in [1.54, 1.807) is 106 Å². The van der Waals surface area contributed by atoms with Gasteiger partial charge in [-0.05, 0) is 72.1 Å². The molecule has 4 aromatic carbocycles. The predicted molar refractivity (Wildman–Crippen MR) is 167 cm³/mol. The van der Waals surface area contributed by atoms with Gasteiger partial charge in [0.15, 0.2) is 6.10 Å². The van der Waals surface area contributed by atoms with Gasteiger partial charge in [-0.3, -0.25) is 4.79 Å². The molecule has 234 valence electrons. The summed E-state index contributed by atoms with van der Waals surface area (Å²) in [6.07, 6.45) is -1.21. The molecule has 0 spiro atoms. The van der Waals surface area contributed by atoms with Crippen LogP contribution in [0.15, 0.2) is 97.1 Å². The third kappa shape index (κ3) is 9.06. The van der Waals surface area contributed by atoms with Crippen molar-refractivity contribution in [3.8, 4) is 11.5 Å². The monoisotopic (exact) mass is 633 g/mol. The molecule has 0 aliphatic carbocycles. The third-order valence-electron chi connectivity index (χ3n) is 6.83. The van der Waals surface area contributed by atoms with Gasteiger partial charge in [0, 0.05) is 5.56 Å². The van der Waals surface area contributed by atoms with Crippen molar-refractivity contribution in [2.75, 3.05) is 13.7 Å². The van der Waals surface area contributed by atoms with Gasteiger partial charge in [-0.1, -0.05) is 61.8 Å². The number of hydrogen-bond acceptors (Lipinski definition) is 7. The molecule has 0 aliphatic heterocycles. The van der Waals surface area contributed by atoms with E-state index in [9.17, 15) is 18.8 Å². The van der Waals surface area contributed by atoms with Crippen LogP contribution in [0, 0.1) is 11.7 Å². The van der Waals surface area contributed by atoms with E-state index in [4.69, 9.17) is 30.5 Å². The molecular weight excluding hydrogens is 601 g/mol. The fourth-order valence-corrected chi connectivity index (χ4v) is 4.71. The van der Waals surface area contributed by atoms with Gasteiger partial charge < -0.3 is 24.3 Å². The number of benzene rings is 4. The zero-order valence-electron chi connectivity index (χ0n) is 25.0. The molecule has 2 atom stereocenters. The lowest BCUT2D eigenvalue weighted by atomic mass is 9.99. The highest BCUT2D eigenvalue weighted by atomic mass is 35.5. The first-order valence-corrected chi connectivity index (χ1v) is 14.6. The van der Waals surface area contributed by atoms with E-state index in [1.807, 2.05) is 0 Å². The number of carbonyl (C=O) groups excluding carboxylic acids is 3. The van der Waals surface area contributed by atoms with E-state index in [2.05, 4.69) is 5.32 Å². The molecule has 0 heterocycles. The highest BCUT2D eigenvalue weighted by Crippen LogP contribution is 2.30. The van der Waals surface area contributed by atoms with E-state index >= 15 is 0 Å². The number of amides is 1. The molecule has 0 saturated carbocycles. The zero-order chi connectivity index (χ0) is 32.3. The van der Waals surface area contributed by atoms with E-state index in [1.165, 1.54) is 6.07 Å². The van der Waals surface area contributed by atoms with Crippen LogP contribution < -0.4 is 14.8 Å². The summed E-state index contributed by atoms with van der Waals surface area (Å²) in [5, 5.41) is 2.84. The summed E-state index contributed by atoms with van der Waals surface area (Å²) in [6.45, 7) is 2.96. The first kappa shape index (κ1) is 33.0. The number of ether oxygens (including phenoxy) is 4. The number of esters is 2. The van der Waals surface area contributed by atoms with Gasteiger partial charge in [0.05, 0.1) is 29.3 Å². The molecule has 0 saturated heterocycles. The van der Waals surface area contributed by atoms with Crippen LogP contribution in [0.3, 0.4) is 0 Å². The van der Waals surface area contributed by atoms with Crippen LogP contribution in [-0.2, 0) is 20.9 Å². The maximum Gasteiger partial charge on any atom is 0.338 e. The number of halogens is 2. The number of methoxy groups -OCH3 is 1. The summed E-state index contributed by atoms with van der Waals surface area (Å²) in [4.78, 5) is 39.4. The lowest BCUT2D eigenvalue weighted by molar-refractivity contribution is -0.133. The van der Waals surface area contributed by atoms with Crippen LogP contribution in [0.1, 0.15) is 51.7 Å². The first-order valence-electron chi connectivity index (χ1n) is 14.2. The third-order valence-corrected chi connectivity index (χ3v) is 7.16. The summed E-state index contributed by atoms with van der Waals surface area (Å²) in [5.41, 5.74) is 1.15. The Morgan fingerprint density at radius 1 is 0.822 bits per heavy atom. The maximum absolute atomic E-state index is 14.8. The average Bonchev–Trinajstić information content (AvgIpc) is 3.05. The van der Waals surface area contributed by atoms with Gasteiger partial charge in [-0.25, -0.2) is 14.0 Å². The molecule has 4 rings (SSSR count). The van der Waals surface area contributed by atoms with Crippen molar-refractivity contribution in [2.45, 2.75) is 32.6 Å². The summed E-state index contributed by atoms with van der Waals surface area (Å²) in [7, 11) is 1.55. The molecule has 10 heteroatoms. The van der Waals surface area contributed by atoms with Crippen LogP contribution in [0.4, 0.5) is 4.39 Å². The quantitative estimate of drug-likeness (QED) is 0.159. The van der Waals surface area contributed by atoms with Crippen molar-refractivity contribution >= 4 is 29.4 Å². The van der Waals surface area contributed by atoms with Crippen molar-refractivity contribution < 1.29 is 37.7 Å². The van der Waals surface area contributed by atoms with Crippen LogP contribution in [0.25, 0.3) is 0 Å². The number of rotatable bonds is 13. The number of carbonyl (C=O) groups is 3. The smallest absolute Gasteiger partial charge is 0.338 e. The molecule has 8 nitrogen and oxygen atoms in total. The SMILES string of the molecule is COc1ccc(OCc2c(Cl)cc(F)cc2[C@H](COC(=O)c2ccccc2)NC(=O)C(OC(=O)c2ccccc2)C(C)C)cc1. The standard InChI is InChI=1S/C35H33ClFNO7/c1-22(2)32(45-35(41)24-12-8-5-9-13-24)33(39)38-31(21-44-34(40)23-10-6-4-7-11-23)28-18-25(37)19-30(36)29(28)20-43-27-16-14-26(42-3)15-17-27/h4-19,22,31-32H,20-21H2,1-3H3,(H,38,39)/t31-,32?/m0/s1. The minimum atomic E-state index is -1.21. The molecule has 0 aromatic heterocycles. The highest BCUT2D eigenvalue weighted by Gasteiger charge is 2.31. The Kier molecular flexibility index (Phi) is 11.5. The van der Waals surface area contributed by atoms with Gasteiger partial charge >= 0.3 is 11.9 Å².